The minimum absolute atomic E-state index is 0.190. The van der Waals surface area contributed by atoms with Crippen LogP contribution >= 0.6 is 0 Å². The Kier molecular flexibility index (Phi) is 5.57. The van der Waals surface area contributed by atoms with Crippen molar-refractivity contribution in [3.8, 4) is 0 Å². The van der Waals surface area contributed by atoms with E-state index in [4.69, 9.17) is 9.57 Å². The summed E-state index contributed by atoms with van der Waals surface area (Å²) in [5.74, 6) is -0.954. The first-order valence-corrected chi connectivity index (χ1v) is 10.7. The highest BCUT2D eigenvalue weighted by molar-refractivity contribution is 6.37. The highest BCUT2D eigenvalue weighted by Crippen LogP contribution is 2.38. The number of benzene rings is 3. The van der Waals surface area contributed by atoms with Crippen molar-refractivity contribution < 1.29 is 24.0 Å². The number of amides is 2. The van der Waals surface area contributed by atoms with E-state index in [1.807, 2.05) is 30.3 Å². The molecule has 5 rings (SSSR count). The summed E-state index contributed by atoms with van der Waals surface area (Å²) < 4.78 is 4.79. The summed E-state index contributed by atoms with van der Waals surface area (Å²) in [6, 6.07) is 21.4. The lowest BCUT2D eigenvalue weighted by atomic mass is 9.99. The van der Waals surface area contributed by atoms with Gasteiger partial charge in [-0.25, -0.2) is 9.86 Å². The lowest BCUT2D eigenvalue weighted by molar-refractivity contribution is -0.207. The molecule has 2 aliphatic heterocycles. The van der Waals surface area contributed by atoms with Gasteiger partial charge in [-0.1, -0.05) is 36.4 Å². The number of fused-ring (bicyclic) bond motifs is 1. The Morgan fingerprint density at radius 3 is 2.32 bits per heavy atom. The number of methoxy groups -OCH3 is 1. The summed E-state index contributed by atoms with van der Waals surface area (Å²) >= 11 is 0. The molecule has 2 aliphatic rings. The molecule has 0 aliphatic carbocycles. The summed E-state index contributed by atoms with van der Waals surface area (Å²) in [5.41, 5.74) is 4.65. The van der Waals surface area contributed by atoms with Crippen LogP contribution in [0, 0.1) is 0 Å². The monoisotopic (exact) mass is 455 g/mol. The van der Waals surface area contributed by atoms with Gasteiger partial charge in [0.15, 0.2) is 0 Å². The number of anilines is 2. The zero-order chi connectivity index (χ0) is 23.7. The van der Waals surface area contributed by atoms with Crippen LogP contribution in [0.4, 0.5) is 11.4 Å². The lowest BCUT2D eigenvalue weighted by Crippen LogP contribution is -2.43. The van der Waals surface area contributed by atoms with Crippen LogP contribution in [-0.2, 0) is 14.4 Å². The van der Waals surface area contributed by atoms with Gasteiger partial charge in [-0.05, 0) is 42.0 Å². The summed E-state index contributed by atoms with van der Waals surface area (Å²) in [7, 11) is 1.31. The fourth-order valence-corrected chi connectivity index (χ4v) is 3.88. The maximum Gasteiger partial charge on any atom is 0.337 e. The van der Waals surface area contributed by atoms with E-state index in [2.05, 4.69) is 10.6 Å². The van der Waals surface area contributed by atoms with Gasteiger partial charge in [0, 0.05) is 16.8 Å². The van der Waals surface area contributed by atoms with Crippen LogP contribution < -0.4 is 10.6 Å². The fraction of sp³-hybridized carbons (Fsp3) is 0.115. The molecule has 0 bridgehead atoms. The van der Waals surface area contributed by atoms with Crippen LogP contribution in [0.3, 0.4) is 0 Å². The van der Waals surface area contributed by atoms with E-state index in [1.54, 1.807) is 42.5 Å². The standard InChI is InChI=1S/C26H21N3O5/c1-33-26(32)18-9-12-20-21(15-18)28-24(30)22(20)23(16-5-3-2-4-6-16)27-19-10-7-17(8-11-19)25(31)29-13-14-34-29/h2-12,15,27H,13-14H2,1H3,(H,28,30)/b23-22-. The molecular weight excluding hydrogens is 434 g/mol. The van der Waals surface area contributed by atoms with E-state index >= 15 is 0 Å². The number of hydrogen-bond acceptors (Lipinski definition) is 6. The van der Waals surface area contributed by atoms with E-state index in [9.17, 15) is 14.4 Å². The van der Waals surface area contributed by atoms with Crippen molar-refractivity contribution in [2.45, 2.75) is 0 Å². The third-order valence-electron chi connectivity index (χ3n) is 5.67. The van der Waals surface area contributed by atoms with Crippen molar-refractivity contribution in [3.63, 3.8) is 0 Å². The van der Waals surface area contributed by atoms with Crippen molar-refractivity contribution in [2.24, 2.45) is 0 Å². The number of rotatable bonds is 5. The Morgan fingerprint density at radius 1 is 0.971 bits per heavy atom. The number of hydrogen-bond donors (Lipinski definition) is 2. The van der Waals surface area contributed by atoms with Crippen molar-refractivity contribution in [1.29, 1.82) is 0 Å². The van der Waals surface area contributed by atoms with Crippen molar-refractivity contribution >= 4 is 40.4 Å². The van der Waals surface area contributed by atoms with Gasteiger partial charge in [0.2, 0.25) is 0 Å². The van der Waals surface area contributed by atoms with Crippen LogP contribution in [0.15, 0.2) is 72.8 Å². The second kappa shape index (κ2) is 8.84. The van der Waals surface area contributed by atoms with Crippen LogP contribution in [0.25, 0.3) is 11.3 Å². The summed E-state index contributed by atoms with van der Waals surface area (Å²) in [5, 5.41) is 7.52. The molecular formula is C26H21N3O5. The fourth-order valence-electron chi connectivity index (χ4n) is 3.88. The predicted molar refractivity (Wildman–Crippen MR) is 127 cm³/mol. The third-order valence-corrected chi connectivity index (χ3v) is 5.67. The Balaban J connectivity index is 1.53. The average Bonchev–Trinajstić information content (AvgIpc) is 3.16. The van der Waals surface area contributed by atoms with Crippen molar-refractivity contribution in [1.82, 2.24) is 5.06 Å². The van der Waals surface area contributed by atoms with E-state index < -0.39 is 5.97 Å². The molecule has 8 heteroatoms. The molecule has 0 aromatic heterocycles. The largest absolute Gasteiger partial charge is 0.465 e. The molecule has 3 aromatic rings. The SMILES string of the molecule is COC(=O)c1ccc2c(c1)NC(=O)/C2=C(\Nc1ccc(C(=O)N2CCO2)cc1)c1ccccc1. The molecule has 170 valence electrons. The number of carbonyl (C=O) groups excluding carboxylic acids is 3. The normalized spacial score (nSPS) is 15.7. The van der Waals surface area contributed by atoms with E-state index in [0.29, 0.717) is 52.5 Å². The number of nitrogens with zero attached hydrogens (tertiary/aromatic N) is 1. The Morgan fingerprint density at radius 2 is 1.68 bits per heavy atom. The highest BCUT2D eigenvalue weighted by atomic mass is 16.7. The minimum Gasteiger partial charge on any atom is -0.465 e. The van der Waals surface area contributed by atoms with Gasteiger partial charge in [-0.15, -0.1) is 0 Å². The zero-order valence-corrected chi connectivity index (χ0v) is 18.3. The van der Waals surface area contributed by atoms with Gasteiger partial charge >= 0.3 is 5.97 Å². The van der Waals surface area contributed by atoms with Gasteiger partial charge < -0.3 is 15.4 Å². The van der Waals surface area contributed by atoms with Gasteiger partial charge in [-0.3, -0.25) is 14.4 Å². The summed E-state index contributed by atoms with van der Waals surface area (Å²) in [4.78, 5) is 42.5. The number of carbonyl (C=O) groups is 3. The quantitative estimate of drug-likeness (QED) is 0.449. The van der Waals surface area contributed by atoms with Gasteiger partial charge in [0.1, 0.15) is 0 Å². The lowest BCUT2D eigenvalue weighted by Gasteiger charge is -2.29. The Hall–Kier alpha value is -4.43. The number of ether oxygens (including phenoxy) is 1. The maximum absolute atomic E-state index is 13.1. The Labute approximate surface area is 195 Å². The molecule has 0 spiro atoms. The van der Waals surface area contributed by atoms with E-state index in [0.717, 1.165) is 5.56 Å². The van der Waals surface area contributed by atoms with E-state index in [1.165, 1.54) is 12.2 Å². The smallest absolute Gasteiger partial charge is 0.337 e. The van der Waals surface area contributed by atoms with Gasteiger partial charge in [-0.2, -0.15) is 0 Å². The summed E-state index contributed by atoms with van der Waals surface area (Å²) in [6.45, 7) is 1.12. The molecule has 1 fully saturated rings. The second-order valence-corrected chi connectivity index (χ2v) is 7.76. The topological polar surface area (TPSA) is 97.0 Å². The van der Waals surface area contributed by atoms with Crippen LogP contribution in [-0.4, -0.2) is 43.1 Å². The third kappa shape index (κ3) is 3.91. The first kappa shape index (κ1) is 21.4. The van der Waals surface area contributed by atoms with Crippen LogP contribution in [0.5, 0.6) is 0 Å². The van der Waals surface area contributed by atoms with Crippen molar-refractivity contribution in [3.05, 3.63) is 95.1 Å². The number of hydroxylamine groups is 2. The molecule has 1 saturated heterocycles. The molecule has 34 heavy (non-hydrogen) atoms. The molecule has 8 nitrogen and oxygen atoms in total. The van der Waals surface area contributed by atoms with Gasteiger partial charge in [0.05, 0.1) is 42.8 Å². The Bertz CT molecular complexity index is 1310. The molecule has 0 saturated carbocycles. The first-order valence-electron chi connectivity index (χ1n) is 10.7. The predicted octanol–water partition coefficient (Wildman–Crippen LogP) is 3.79. The summed E-state index contributed by atoms with van der Waals surface area (Å²) in [6.07, 6.45) is 0. The van der Waals surface area contributed by atoms with Crippen LogP contribution in [0.2, 0.25) is 0 Å². The maximum atomic E-state index is 13.1. The molecule has 3 aromatic carbocycles. The average molecular weight is 455 g/mol. The van der Waals surface area contributed by atoms with Gasteiger partial charge in [0.25, 0.3) is 11.8 Å². The molecule has 2 heterocycles. The highest BCUT2D eigenvalue weighted by Gasteiger charge is 2.29. The zero-order valence-electron chi connectivity index (χ0n) is 18.3. The molecule has 0 unspecified atom stereocenters. The van der Waals surface area contributed by atoms with Crippen molar-refractivity contribution in [2.75, 3.05) is 30.9 Å². The minimum atomic E-state index is -0.478. The first-order chi connectivity index (χ1) is 16.5. The molecule has 2 amide bonds. The van der Waals surface area contributed by atoms with E-state index in [-0.39, 0.29) is 11.8 Å². The van der Waals surface area contributed by atoms with Crippen LogP contribution in [0.1, 0.15) is 31.8 Å². The number of nitrogens with one attached hydrogen (secondary N) is 2. The molecule has 2 N–H and O–H groups in total. The molecule has 0 atom stereocenters. The second-order valence-electron chi connectivity index (χ2n) is 7.76. The molecule has 0 radical (unpaired) electrons. The number of esters is 1.